The molecule has 0 aromatic heterocycles. The number of carboxylic acids is 1. The fourth-order valence-electron chi connectivity index (χ4n) is 5.36. The largest absolute Gasteiger partial charge is 0.481 e. The van der Waals surface area contributed by atoms with E-state index < -0.39 is 23.6 Å². The molecule has 1 fully saturated rings. The topological polar surface area (TPSA) is 105 Å². The van der Waals surface area contributed by atoms with Gasteiger partial charge in [0.15, 0.2) is 0 Å². The maximum atomic E-state index is 13.6. The first-order chi connectivity index (χ1) is 16.9. The first-order valence-corrected chi connectivity index (χ1v) is 12.0. The van der Waals surface area contributed by atoms with Crippen molar-refractivity contribution in [1.29, 1.82) is 0 Å². The number of carboxylic acid groups (broad SMARTS) is 1. The third-order valence-corrected chi connectivity index (χ3v) is 7.14. The van der Waals surface area contributed by atoms with Crippen LogP contribution in [0.2, 0.25) is 0 Å². The van der Waals surface area contributed by atoms with E-state index in [2.05, 4.69) is 17.4 Å². The van der Waals surface area contributed by atoms with Gasteiger partial charge in [-0.3, -0.25) is 9.59 Å². The molecule has 2 aromatic carbocycles. The van der Waals surface area contributed by atoms with Crippen molar-refractivity contribution in [3.8, 4) is 11.1 Å². The van der Waals surface area contributed by atoms with Gasteiger partial charge in [0.25, 0.3) is 5.91 Å². The van der Waals surface area contributed by atoms with E-state index in [9.17, 15) is 19.5 Å². The van der Waals surface area contributed by atoms with Crippen LogP contribution in [0.3, 0.4) is 0 Å². The highest BCUT2D eigenvalue weighted by molar-refractivity contribution is 5.91. The zero-order valence-electron chi connectivity index (χ0n) is 20.2. The Kier molecular flexibility index (Phi) is 7.40. The normalized spacial score (nSPS) is 18.5. The molecule has 2 unspecified atom stereocenters. The van der Waals surface area contributed by atoms with E-state index >= 15 is 0 Å². The van der Waals surface area contributed by atoms with Crippen LogP contribution < -0.4 is 5.32 Å². The Morgan fingerprint density at radius 1 is 1.09 bits per heavy atom. The van der Waals surface area contributed by atoms with Crippen LogP contribution in [0.25, 0.3) is 11.1 Å². The smallest absolute Gasteiger partial charge is 0.408 e. The van der Waals surface area contributed by atoms with Crippen LogP contribution in [-0.4, -0.2) is 66.4 Å². The van der Waals surface area contributed by atoms with E-state index in [-0.39, 0.29) is 37.9 Å². The molecular formula is C27H32N2O6. The lowest BCUT2D eigenvalue weighted by Crippen LogP contribution is -2.63. The molecule has 1 heterocycles. The van der Waals surface area contributed by atoms with Crippen molar-refractivity contribution < 1.29 is 29.0 Å². The van der Waals surface area contributed by atoms with Crippen LogP contribution in [0.5, 0.6) is 0 Å². The Morgan fingerprint density at radius 2 is 1.71 bits per heavy atom. The molecule has 1 aliphatic carbocycles. The summed E-state index contributed by atoms with van der Waals surface area (Å²) in [5, 5.41) is 12.0. The Balaban J connectivity index is 1.49. The maximum absolute atomic E-state index is 13.6. The first-order valence-electron chi connectivity index (χ1n) is 12.0. The molecule has 186 valence electrons. The number of hydrogen-bond acceptors (Lipinski definition) is 5. The summed E-state index contributed by atoms with van der Waals surface area (Å²) in [5.41, 5.74) is 3.13. The van der Waals surface area contributed by atoms with Crippen molar-refractivity contribution in [2.75, 3.05) is 26.9 Å². The molecule has 2 amide bonds. The van der Waals surface area contributed by atoms with E-state index in [1.807, 2.05) is 36.4 Å². The quantitative estimate of drug-likeness (QED) is 0.566. The van der Waals surface area contributed by atoms with E-state index in [0.717, 1.165) is 28.7 Å². The summed E-state index contributed by atoms with van der Waals surface area (Å²) in [6.07, 6.45) is 0.800. The zero-order valence-corrected chi connectivity index (χ0v) is 20.2. The Bertz CT molecular complexity index is 1060. The molecule has 4 rings (SSSR count). The fraction of sp³-hybridized carbons (Fsp3) is 0.444. The molecule has 2 atom stereocenters. The Hall–Kier alpha value is -3.39. The molecule has 1 aliphatic heterocycles. The fourth-order valence-corrected chi connectivity index (χ4v) is 5.36. The second-order valence-electron chi connectivity index (χ2n) is 9.21. The van der Waals surface area contributed by atoms with Gasteiger partial charge in [0, 0.05) is 25.6 Å². The van der Waals surface area contributed by atoms with E-state index in [4.69, 9.17) is 9.47 Å². The van der Waals surface area contributed by atoms with Gasteiger partial charge in [-0.25, -0.2) is 4.79 Å². The Morgan fingerprint density at radius 3 is 2.29 bits per heavy atom. The molecule has 35 heavy (non-hydrogen) atoms. The number of methoxy groups -OCH3 is 1. The third kappa shape index (κ3) is 4.89. The van der Waals surface area contributed by atoms with Crippen molar-refractivity contribution in [1.82, 2.24) is 10.2 Å². The second kappa shape index (κ2) is 10.5. The van der Waals surface area contributed by atoms with Crippen LogP contribution in [-0.2, 0) is 19.1 Å². The number of likely N-dealkylation sites (tertiary alicyclic amines) is 1. The highest BCUT2D eigenvalue weighted by Crippen LogP contribution is 2.44. The van der Waals surface area contributed by atoms with Crippen LogP contribution in [0.15, 0.2) is 48.5 Å². The highest BCUT2D eigenvalue weighted by atomic mass is 16.5. The molecule has 0 spiro atoms. The minimum Gasteiger partial charge on any atom is -0.481 e. The molecule has 8 heteroatoms. The number of carbonyl (C=O) groups excluding carboxylic acids is 2. The van der Waals surface area contributed by atoms with Crippen LogP contribution >= 0.6 is 0 Å². The molecule has 2 N–H and O–H groups in total. The number of amides is 2. The van der Waals surface area contributed by atoms with Crippen LogP contribution in [0.1, 0.15) is 49.7 Å². The van der Waals surface area contributed by atoms with Gasteiger partial charge < -0.3 is 24.8 Å². The number of hydrogen-bond donors (Lipinski definition) is 2. The van der Waals surface area contributed by atoms with Gasteiger partial charge >= 0.3 is 12.1 Å². The number of benzene rings is 2. The van der Waals surface area contributed by atoms with Gasteiger partial charge in [-0.1, -0.05) is 55.5 Å². The van der Waals surface area contributed by atoms with Crippen molar-refractivity contribution in [2.24, 2.45) is 0 Å². The lowest BCUT2D eigenvalue weighted by Gasteiger charge is -2.37. The summed E-state index contributed by atoms with van der Waals surface area (Å²) < 4.78 is 11.0. The number of fused-ring (bicyclic) bond motifs is 3. The second-order valence-corrected chi connectivity index (χ2v) is 9.21. The van der Waals surface area contributed by atoms with Crippen LogP contribution in [0, 0.1) is 0 Å². The van der Waals surface area contributed by atoms with E-state index in [1.54, 1.807) is 11.8 Å². The summed E-state index contributed by atoms with van der Waals surface area (Å²) in [7, 11) is 1.47. The van der Waals surface area contributed by atoms with Gasteiger partial charge in [-0.15, -0.1) is 0 Å². The predicted molar refractivity (Wildman–Crippen MR) is 130 cm³/mol. The first kappa shape index (κ1) is 24.7. The SMILES string of the molecule is CCC(COC)(NC(=O)OCC1c2ccccc2-c2ccccc21)C(=O)N1CCCC1CC(=O)O. The van der Waals surface area contributed by atoms with Gasteiger partial charge in [0.2, 0.25) is 0 Å². The number of nitrogens with one attached hydrogen (secondary N) is 1. The van der Waals surface area contributed by atoms with Gasteiger partial charge in [0.05, 0.1) is 13.0 Å². The minimum atomic E-state index is -1.33. The van der Waals surface area contributed by atoms with Crippen molar-refractivity contribution in [2.45, 2.75) is 50.1 Å². The molecule has 0 radical (unpaired) electrons. The van der Waals surface area contributed by atoms with Gasteiger partial charge in [-0.05, 0) is 41.5 Å². The van der Waals surface area contributed by atoms with Gasteiger partial charge in [-0.2, -0.15) is 0 Å². The number of rotatable bonds is 9. The molecule has 2 aliphatic rings. The lowest BCUT2D eigenvalue weighted by atomic mass is 9.94. The Labute approximate surface area is 205 Å². The highest BCUT2D eigenvalue weighted by Gasteiger charge is 2.45. The predicted octanol–water partition coefficient (Wildman–Crippen LogP) is 3.79. The van der Waals surface area contributed by atoms with E-state index in [0.29, 0.717) is 13.0 Å². The number of ether oxygens (including phenoxy) is 2. The van der Waals surface area contributed by atoms with Gasteiger partial charge in [0.1, 0.15) is 12.1 Å². The summed E-state index contributed by atoms with van der Waals surface area (Å²) in [6, 6.07) is 15.8. The molecule has 1 saturated heterocycles. The monoisotopic (exact) mass is 480 g/mol. The summed E-state index contributed by atoms with van der Waals surface area (Å²) >= 11 is 0. The number of alkyl carbamates (subject to hydrolysis) is 1. The van der Waals surface area contributed by atoms with Crippen molar-refractivity contribution in [3.63, 3.8) is 0 Å². The molecular weight excluding hydrogens is 448 g/mol. The van der Waals surface area contributed by atoms with Crippen LogP contribution in [0.4, 0.5) is 4.79 Å². The molecule has 0 bridgehead atoms. The zero-order chi connectivity index (χ0) is 25.0. The maximum Gasteiger partial charge on any atom is 0.408 e. The number of nitrogens with zero attached hydrogens (tertiary/aromatic N) is 1. The minimum absolute atomic E-state index is 0.0389. The van der Waals surface area contributed by atoms with Crippen molar-refractivity contribution >= 4 is 18.0 Å². The summed E-state index contributed by atoms with van der Waals surface area (Å²) in [4.78, 5) is 39.4. The average Bonchev–Trinajstić information content (AvgIpc) is 3.44. The number of carbonyl (C=O) groups is 3. The standard InChI is InChI=1S/C27H32N2O6/c1-3-27(17-34-2,25(32)29-14-8-9-18(29)15-24(30)31)28-26(33)35-16-23-21-12-6-4-10-19(21)20-11-5-7-13-22(20)23/h4-7,10-13,18,23H,3,8-9,14-17H2,1-2H3,(H,28,33)(H,30,31). The lowest BCUT2D eigenvalue weighted by molar-refractivity contribution is -0.144. The number of aliphatic carboxylic acids is 1. The van der Waals surface area contributed by atoms with E-state index in [1.165, 1.54) is 7.11 Å². The summed E-state index contributed by atoms with van der Waals surface area (Å²) in [5.74, 6) is -1.38. The molecule has 2 aromatic rings. The van der Waals surface area contributed by atoms with Crippen molar-refractivity contribution in [3.05, 3.63) is 59.7 Å². The third-order valence-electron chi connectivity index (χ3n) is 7.14. The molecule has 8 nitrogen and oxygen atoms in total. The summed E-state index contributed by atoms with van der Waals surface area (Å²) in [6.45, 7) is 2.34. The molecule has 0 saturated carbocycles. The average molecular weight is 481 g/mol.